The Morgan fingerprint density at radius 2 is 1.73 bits per heavy atom. The first-order valence-electron chi connectivity index (χ1n) is 15.7. The number of Topliss-reactive ketones (excluding diaryl/α,β-unsaturated/α-hetero) is 2. The molecule has 0 heterocycles. The van der Waals surface area contributed by atoms with E-state index in [2.05, 4.69) is 61.5 Å². The molecule has 0 aliphatic heterocycles. The Bertz CT molecular complexity index is 920. The quantitative estimate of drug-likeness (QED) is 0.213. The summed E-state index contributed by atoms with van der Waals surface area (Å²) in [6, 6.07) is 0. The van der Waals surface area contributed by atoms with Gasteiger partial charge in [0.1, 0.15) is 11.6 Å². The summed E-state index contributed by atoms with van der Waals surface area (Å²) in [6.45, 7) is 19.8. The van der Waals surface area contributed by atoms with Crippen LogP contribution in [0.5, 0.6) is 0 Å². The second-order valence-corrected chi connectivity index (χ2v) is 14.9. The number of aliphatic hydroxyl groups is 1. The molecule has 1 N–H and O–H groups in total. The molecule has 0 amide bonds. The maximum atomic E-state index is 14.2. The van der Waals surface area contributed by atoms with Crippen molar-refractivity contribution in [2.75, 3.05) is 0 Å². The van der Waals surface area contributed by atoms with E-state index < -0.39 is 17.4 Å². The number of fused-ring (bicyclic) bond motifs is 3. The molecule has 4 rings (SSSR count). The monoisotopic (exact) mass is 512 g/mol. The SMILES string of the molecule is CCCCCCC1C=C(CC)C(C)C2C(O)C3C(C)C4(C)C(=O)C(C(C)=O)C(C)CC4(C)CC3(C)CC12. The summed E-state index contributed by atoms with van der Waals surface area (Å²) >= 11 is 0. The zero-order chi connectivity index (χ0) is 27.5. The highest BCUT2D eigenvalue weighted by atomic mass is 16.3. The molecule has 0 aromatic heterocycles. The molecule has 3 heteroatoms. The standard InChI is InChI=1S/C34H56O3/c1-10-12-13-14-15-25-16-24(11-2)21(4)28-26(25)18-32(7)19-33(8)17-20(3)27(23(6)35)31(37)34(33,9)22(5)29(32)30(28)36/h16,20-22,25-30,36H,10-15,17-19H2,1-9H3. The lowest BCUT2D eigenvalue weighted by Gasteiger charge is -2.69. The van der Waals surface area contributed by atoms with Crippen LogP contribution in [-0.4, -0.2) is 22.8 Å². The van der Waals surface area contributed by atoms with Crippen LogP contribution in [0.1, 0.15) is 120 Å². The molecule has 0 saturated heterocycles. The maximum absolute atomic E-state index is 14.2. The molecule has 0 radical (unpaired) electrons. The lowest BCUT2D eigenvalue weighted by molar-refractivity contribution is -0.228. The largest absolute Gasteiger partial charge is 0.392 e. The van der Waals surface area contributed by atoms with Crippen molar-refractivity contribution >= 4 is 11.6 Å². The van der Waals surface area contributed by atoms with Crippen molar-refractivity contribution in [3.63, 3.8) is 0 Å². The van der Waals surface area contributed by atoms with Crippen LogP contribution < -0.4 is 0 Å². The summed E-state index contributed by atoms with van der Waals surface area (Å²) in [5, 5.41) is 12.3. The lowest BCUT2D eigenvalue weighted by atomic mass is 9.34. The van der Waals surface area contributed by atoms with Crippen LogP contribution in [0.2, 0.25) is 0 Å². The zero-order valence-corrected chi connectivity index (χ0v) is 25.4. The number of rotatable bonds is 7. The van der Waals surface area contributed by atoms with Crippen molar-refractivity contribution in [3.05, 3.63) is 11.6 Å². The van der Waals surface area contributed by atoms with Gasteiger partial charge in [-0.25, -0.2) is 0 Å². The number of carbonyl (C=O) groups excluding carboxylic acids is 2. The van der Waals surface area contributed by atoms with Gasteiger partial charge in [0, 0.05) is 5.41 Å². The van der Waals surface area contributed by atoms with E-state index in [-0.39, 0.29) is 46.1 Å². The first-order valence-corrected chi connectivity index (χ1v) is 15.7. The number of aliphatic hydroxyl groups excluding tert-OH is 1. The van der Waals surface area contributed by atoms with E-state index in [1.807, 2.05) is 0 Å². The summed E-state index contributed by atoms with van der Waals surface area (Å²) in [5.74, 6) is 1.67. The van der Waals surface area contributed by atoms with Crippen LogP contribution in [0, 0.1) is 63.6 Å². The molecule has 0 aromatic carbocycles. The fourth-order valence-electron chi connectivity index (χ4n) is 11.0. The number of hydrogen-bond acceptors (Lipinski definition) is 3. The average Bonchev–Trinajstić information content (AvgIpc) is 2.79. The van der Waals surface area contributed by atoms with Crippen LogP contribution in [-0.2, 0) is 9.59 Å². The number of allylic oxidation sites excluding steroid dienone is 2. The summed E-state index contributed by atoms with van der Waals surface area (Å²) in [4.78, 5) is 26.8. The van der Waals surface area contributed by atoms with Gasteiger partial charge in [-0.2, -0.15) is 0 Å². The van der Waals surface area contributed by atoms with Gasteiger partial charge >= 0.3 is 0 Å². The Morgan fingerprint density at radius 1 is 1.05 bits per heavy atom. The minimum Gasteiger partial charge on any atom is -0.392 e. The van der Waals surface area contributed by atoms with Crippen LogP contribution >= 0.6 is 0 Å². The minimum atomic E-state index is -0.575. The van der Waals surface area contributed by atoms with Gasteiger partial charge in [-0.3, -0.25) is 9.59 Å². The number of hydrogen-bond donors (Lipinski definition) is 1. The highest BCUT2D eigenvalue weighted by Gasteiger charge is 2.70. The molecule has 210 valence electrons. The third-order valence-electron chi connectivity index (χ3n) is 12.8. The topological polar surface area (TPSA) is 54.4 Å². The Hall–Kier alpha value is -0.960. The molecule has 12 atom stereocenters. The van der Waals surface area contributed by atoms with Crippen molar-refractivity contribution in [2.45, 2.75) is 126 Å². The third kappa shape index (κ3) is 4.33. The summed E-state index contributed by atoms with van der Waals surface area (Å²) < 4.78 is 0. The molecule has 0 aromatic rings. The molecule has 3 saturated carbocycles. The fraction of sp³-hybridized carbons (Fsp3) is 0.882. The molecule has 3 fully saturated rings. The number of carbonyl (C=O) groups is 2. The van der Waals surface area contributed by atoms with Gasteiger partial charge in [0.15, 0.2) is 0 Å². The summed E-state index contributed by atoms with van der Waals surface area (Å²) in [7, 11) is 0. The van der Waals surface area contributed by atoms with Gasteiger partial charge in [0.05, 0.1) is 12.0 Å². The predicted molar refractivity (Wildman–Crippen MR) is 152 cm³/mol. The second-order valence-electron chi connectivity index (χ2n) is 14.9. The van der Waals surface area contributed by atoms with Crippen molar-refractivity contribution in [1.29, 1.82) is 0 Å². The summed E-state index contributed by atoms with van der Waals surface area (Å²) in [5.41, 5.74) is 0.821. The van der Waals surface area contributed by atoms with Crippen molar-refractivity contribution < 1.29 is 14.7 Å². The van der Waals surface area contributed by atoms with E-state index in [1.54, 1.807) is 6.92 Å². The molecule has 37 heavy (non-hydrogen) atoms. The van der Waals surface area contributed by atoms with Gasteiger partial charge in [-0.1, -0.05) is 92.7 Å². The van der Waals surface area contributed by atoms with Gasteiger partial charge < -0.3 is 5.11 Å². The molecule has 4 aliphatic carbocycles. The molecular formula is C34H56O3. The summed E-state index contributed by atoms with van der Waals surface area (Å²) in [6.07, 6.45) is 12.8. The Kier molecular flexibility index (Phi) is 8.02. The molecule has 4 aliphatic rings. The van der Waals surface area contributed by atoms with Gasteiger partial charge in [0.25, 0.3) is 0 Å². The molecule has 3 nitrogen and oxygen atoms in total. The van der Waals surface area contributed by atoms with Crippen LogP contribution in [0.15, 0.2) is 11.6 Å². The normalized spacial score (nSPS) is 49.5. The van der Waals surface area contributed by atoms with Crippen LogP contribution in [0.3, 0.4) is 0 Å². The Balaban J connectivity index is 1.73. The second kappa shape index (κ2) is 10.2. The van der Waals surface area contributed by atoms with Crippen molar-refractivity contribution in [3.8, 4) is 0 Å². The average molecular weight is 513 g/mol. The van der Waals surface area contributed by atoms with E-state index in [9.17, 15) is 14.7 Å². The molecular weight excluding hydrogens is 456 g/mol. The van der Waals surface area contributed by atoms with Crippen LogP contribution in [0.25, 0.3) is 0 Å². The highest BCUT2D eigenvalue weighted by molar-refractivity contribution is 6.05. The molecule has 12 unspecified atom stereocenters. The van der Waals surface area contributed by atoms with Gasteiger partial charge in [-0.15, -0.1) is 0 Å². The molecule has 0 bridgehead atoms. The van der Waals surface area contributed by atoms with E-state index in [1.165, 1.54) is 37.7 Å². The van der Waals surface area contributed by atoms with E-state index in [4.69, 9.17) is 0 Å². The number of unbranched alkanes of at least 4 members (excludes halogenated alkanes) is 3. The highest BCUT2D eigenvalue weighted by Crippen LogP contribution is 2.72. The van der Waals surface area contributed by atoms with Gasteiger partial charge in [-0.05, 0) is 91.3 Å². The first kappa shape index (κ1) is 29.0. The Morgan fingerprint density at radius 3 is 2.32 bits per heavy atom. The zero-order valence-electron chi connectivity index (χ0n) is 25.4. The van der Waals surface area contributed by atoms with Crippen molar-refractivity contribution in [1.82, 2.24) is 0 Å². The van der Waals surface area contributed by atoms with Crippen molar-refractivity contribution in [2.24, 2.45) is 63.6 Å². The first-order chi connectivity index (χ1) is 17.3. The van der Waals surface area contributed by atoms with Crippen LogP contribution in [0.4, 0.5) is 0 Å². The van der Waals surface area contributed by atoms with E-state index >= 15 is 0 Å². The minimum absolute atomic E-state index is 0.0102. The fourth-order valence-corrected chi connectivity index (χ4v) is 11.0. The Labute approximate surface area is 227 Å². The number of ketones is 2. The third-order valence-corrected chi connectivity index (χ3v) is 12.8. The predicted octanol–water partition coefficient (Wildman–Crippen LogP) is 8.05. The van der Waals surface area contributed by atoms with Gasteiger partial charge in [0.2, 0.25) is 0 Å². The van der Waals surface area contributed by atoms with E-state index in [0.29, 0.717) is 17.8 Å². The smallest absolute Gasteiger partial charge is 0.150 e. The molecule has 0 spiro atoms. The van der Waals surface area contributed by atoms with E-state index in [0.717, 1.165) is 25.7 Å². The lowest BCUT2D eigenvalue weighted by Crippen LogP contribution is -2.69. The maximum Gasteiger partial charge on any atom is 0.150 e.